The van der Waals surface area contributed by atoms with Crippen molar-refractivity contribution < 1.29 is 17.6 Å². The van der Waals surface area contributed by atoms with Crippen molar-refractivity contribution in [2.45, 2.75) is 23.8 Å². The summed E-state index contributed by atoms with van der Waals surface area (Å²) in [5.74, 6) is -0.808. The summed E-state index contributed by atoms with van der Waals surface area (Å²) >= 11 is 5.93. The van der Waals surface area contributed by atoms with Crippen LogP contribution in [0.4, 0.5) is 10.1 Å². The number of nitrogens with zero attached hydrogens (tertiary/aromatic N) is 3. The van der Waals surface area contributed by atoms with Gasteiger partial charge in [0.2, 0.25) is 5.91 Å². The Balaban J connectivity index is 1.44. The quantitative estimate of drug-likeness (QED) is 0.383. The number of carbonyl (C=O) groups excluding carboxylic acids is 1. The van der Waals surface area contributed by atoms with Crippen LogP contribution in [0.2, 0.25) is 5.02 Å². The normalized spacial score (nSPS) is 17.3. The Bertz CT molecular complexity index is 1700. The van der Waals surface area contributed by atoms with Gasteiger partial charge in [0.1, 0.15) is 10.7 Å². The number of hydrogen-bond acceptors (Lipinski definition) is 6. The predicted octanol–water partition coefficient (Wildman–Crippen LogP) is 3.75. The minimum Gasteiger partial charge on any atom is -0.359 e. The molecule has 1 aliphatic rings. The van der Waals surface area contributed by atoms with E-state index in [2.05, 4.69) is 20.0 Å². The van der Waals surface area contributed by atoms with Gasteiger partial charge in [-0.05, 0) is 54.8 Å². The molecule has 0 aliphatic heterocycles. The van der Waals surface area contributed by atoms with Gasteiger partial charge in [0.15, 0.2) is 0 Å². The zero-order valence-corrected chi connectivity index (χ0v) is 21.1. The minimum absolute atomic E-state index is 0.0370. The van der Waals surface area contributed by atoms with E-state index in [4.69, 9.17) is 11.6 Å². The summed E-state index contributed by atoms with van der Waals surface area (Å²) in [6.07, 6.45) is 5.51. The molecule has 37 heavy (non-hydrogen) atoms. The number of nitrogens with one attached hydrogen (secondary N) is 2. The van der Waals surface area contributed by atoms with Gasteiger partial charge in [-0.2, -0.15) is 0 Å². The summed E-state index contributed by atoms with van der Waals surface area (Å²) in [6, 6.07) is 9.62. The molecule has 2 aromatic carbocycles. The molecule has 9 nitrogen and oxygen atoms in total. The van der Waals surface area contributed by atoms with Crippen LogP contribution in [0, 0.1) is 11.7 Å². The van der Waals surface area contributed by atoms with Gasteiger partial charge >= 0.3 is 0 Å². The number of aromatic nitrogens is 3. The fourth-order valence-corrected chi connectivity index (χ4v) is 5.93. The van der Waals surface area contributed by atoms with Crippen molar-refractivity contribution >= 4 is 44.1 Å². The van der Waals surface area contributed by atoms with Gasteiger partial charge in [0, 0.05) is 30.8 Å². The number of sulfonamides is 1. The Morgan fingerprint density at radius 3 is 2.62 bits per heavy atom. The number of carbonyl (C=O) groups is 1. The third kappa shape index (κ3) is 4.79. The lowest BCUT2D eigenvalue weighted by Gasteiger charge is -2.34. The molecular formula is C25H21ClFN5O4S. The van der Waals surface area contributed by atoms with E-state index in [1.54, 1.807) is 42.1 Å². The average Bonchev–Trinajstić information content (AvgIpc) is 2.83. The molecule has 2 heterocycles. The Morgan fingerprint density at radius 2 is 1.89 bits per heavy atom. The lowest BCUT2D eigenvalue weighted by atomic mass is 9.79. The fourth-order valence-electron chi connectivity index (χ4n) is 4.37. The summed E-state index contributed by atoms with van der Waals surface area (Å²) in [4.78, 5) is 33.3. The van der Waals surface area contributed by atoms with Crippen LogP contribution in [0.1, 0.15) is 18.9 Å². The SMILES string of the molecule is CNC(=O)C1CC(n2cnc3ccc(-c4cncc(NS(=O)(=O)c5ccc(F)cc5Cl)c4)cc3c2=O)C1. The minimum atomic E-state index is -4.11. The Morgan fingerprint density at radius 1 is 1.11 bits per heavy atom. The molecule has 1 aliphatic carbocycles. The van der Waals surface area contributed by atoms with Crippen LogP contribution in [0.3, 0.4) is 0 Å². The summed E-state index contributed by atoms with van der Waals surface area (Å²) in [5.41, 5.74) is 1.65. The second-order valence-corrected chi connectivity index (χ2v) is 10.8. The molecule has 12 heteroatoms. The highest BCUT2D eigenvalue weighted by molar-refractivity contribution is 7.92. The molecule has 190 valence electrons. The van der Waals surface area contributed by atoms with Gasteiger partial charge in [-0.25, -0.2) is 17.8 Å². The van der Waals surface area contributed by atoms with Crippen molar-refractivity contribution in [3.05, 3.63) is 82.4 Å². The van der Waals surface area contributed by atoms with Crippen LogP contribution in [0.15, 0.2) is 70.9 Å². The summed E-state index contributed by atoms with van der Waals surface area (Å²) < 4.78 is 42.9. The molecule has 0 radical (unpaired) electrons. The summed E-state index contributed by atoms with van der Waals surface area (Å²) in [5, 5.41) is 2.78. The molecular weight excluding hydrogens is 521 g/mol. The van der Waals surface area contributed by atoms with E-state index in [1.807, 2.05) is 0 Å². The number of hydrogen-bond donors (Lipinski definition) is 2. The van der Waals surface area contributed by atoms with Crippen molar-refractivity contribution in [1.29, 1.82) is 0 Å². The first-order valence-electron chi connectivity index (χ1n) is 11.3. The van der Waals surface area contributed by atoms with E-state index < -0.39 is 15.8 Å². The second kappa shape index (κ2) is 9.56. The molecule has 2 aromatic heterocycles. The largest absolute Gasteiger partial charge is 0.359 e. The second-order valence-electron chi connectivity index (χ2n) is 8.77. The van der Waals surface area contributed by atoms with Crippen LogP contribution >= 0.6 is 11.6 Å². The highest BCUT2D eigenvalue weighted by Crippen LogP contribution is 2.37. The molecule has 5 rings (SSSR count). The van der Waals surface area contributed by atoms with E-state index in [9.17, 15) is 22.4 Å². The number of amides is 1. The van der Waals surface area contributed by atoms with E-state index in [-0.39, 0.29) is 39.0 Å². The van der Waals surface area contributed by atoms with Gasteiger partial charge in [0.05, 0.1) is 34.1 Å². The highest BCUT2D eigenvalue weighted by atomic mass is 35.5. The van der Waals surface area contributed by atoms with Gasteiger partial charge in [-0.3, -0.25) is 23.9 Å². The number of benzene rings is 2. The Kier molecular flexibility index (Phi) is 6.42. The Hall–Kier alpha value is -3.83. The number of fused-ring (bicyclic) bond motifs is 1. The molecule has 0 atom stereocenters. The molecule has 0 bridgehead atoms. The molecule has 1 amide bonds. The molecule has 4 aromatic rings. The first-order valence-corrected chi connectivity index (χ1v) is 13.2. The number of pyridine rings is 1. The van der Waals surface area contributed by atoms with Crippen molar-refractivity contribution in [1.82, 2.24) is 19.9 Å². The number of halogens is 2. The van der Waals surface area contributed by atoms with Crippen molar-refractivity contribution in [2.24, 2.45) is 5.92 Å². The predicted molar refractivity (Wildman–Crippen MR) is 137 cm³/mol. The smallest absolute Gasteiger partial charge is 0.263 e. The lowest BCUT2D eigenvalue weighted by molar-refractivity contribution is -0.128. The molecule has 1 saturated carbocycles. The maximum Gasteiger partial charge on any atom is 0.263 e. The van der Waals surface area contributed by atoms with Gasteiger partial charge in [-0.1, -0.05) is 17.7 Å². The lowest BCUT2D eigenvalue weighted by Crippen LogP contribution is -2.41. The molecule has 2 N–H and O–H groups in total. The molecule has 0 spiro atoms. The first kappa shape index (κ1) is 24.8. The standard InChI is InChI=1S/C25H21ClFN5O4S/c1-28-24(33)15-7-19(8-15)32-13-30-22-4-2-14(9-20(22)25(32)34)16-6-18(12-29-11-16)31-37(35,36)23-5-3-17(27)10-21(23)26/h2-6,9-13,15,19,31H,7-8H2,1H3,(H,28,33). The first-order chi connectivity index (χ1) is 17.7. The van der Waals surface area contributed by atoms with Crippen molar-refractivity contribution in [3.63, 3.8) is 0 Å². The van der Waals surface area contributed by atoms with Crippen molar-refractivity contribution in [3.8, 4) is 11.1 Å². The monoisotopic (exact) mass is 541 g/mol. The van der Waals surface area contributed by atoms with Crippen LogP contribution in [0.25, 0.3) is 22.0 Å². The zero-order chi connectivity index (χ0) is 26.3. The fraction of sp³-hybridized carbons (Fsp3) is 0.200. The zero-order valence-electron chi connectivity index (χ0n) is 19.5. The molecule has 0 saturated heterocycles. The van der Waals surface area contributed by atoms with Crippen LogP contribution in [-0.2, 0) is 14.8 Å². The van der Waals surface area contributed by atoms with E-state index >= 15 is 0 Å². The maximum absolute atomic E-state index is 13.3. The van der Waals surface area contributed by atoms with Crippen LogP contribution < -0.4 is 15.6 Å². The van der Waals surface area contributed by atoms with E-state index in [1.165, 1.54) is 12.5 Å². The van der Waals surface area contributed by atoms with Gasteiger partial charge in [-0.15, -0.1) is 0 Å². The summed E-state index contributed by atoms with van der Waals surface area (Å²) in [6.45, 7) is 0. The van der Waals surface area contributed by atoms with Crippen LogP contribution in [-0.4, -0.2) is 35.9 Å². The third-order valence-electron chi connectivity index (χ3n) is 6.41. The highest BCUT2D eigenvalue weighted by Gasteiger charge is 2.35. The number of anilines is 1. The maximum atomic E-state index is 13.3. The molecule has 1 fully saturated rings. The molecule has 0 unspecified atom stereocenters. The van der Waals surface area contributed by atoms with E-state index in [0.717, 1.165) is 18.2 Å². The van der Waals surface area contributed by atoms with Crippen molar-refractivity contribution in [2.75, 3.05) is 11.8 Å². The summed E-state index contributed by atoms with van der Waals surface area (Å²) in [7, 11) is -2.51. The van der Waals surface area contributed by atoms with Gasteiger partial charge < -0.3 is 5.32 Å². The van der Waals surface area contributed by atoms with Gasteiger partial charge in [0.25, 0.3) is 15.6 Å². The number of rotatable bonds is 6. The average molecular weight is 542 g/mol. The van der Waals surface area contributed by atoms with Crippen LogP contribution in [0.5, 0.6) is 0 Å². The van der Waals surface area contributed by atoms with E-state index in [0.29, 0.717) is 34.9 Å². The Labute approximate surface area is 216 Å². The topological polar surface area (TPSA) is 123 Å². The third-order valence-corrected chi connectivity index (χ3v) is 8.28.